The molecule has 1 aromatic carbocycles. The molecule has 2 aromatic rings. The van der Waals surface area contributed by atoms with Gasteiger partial charge in [-0.2, -0.15) is 0 Å². The second-order valence-corrected chi connectivity index (χ2v) is 5.64. The molecule has 1 aromatic heterocycles. The lowest BCUT2D eigenvalue weighted by Gasteiger charge is -2.23. The van der Waals surface area contributed by atoms with E-state index in [2.05, 4.69) is 16.8 Å². The van der Waals surface area contributed by atoms with Crippen LogP contribution < -0.4 is 5.32 Å². The molecule has 0 radical (unpaired) electrons. The van der Waals surface area contributed by atoms with Crippen LogP contribution in [-0.4, -0.2) is 17.2 Å². The van der Waals surface area contributed by atoms with E-state index >= 15 is 0 Å². The Morgan fingerprint density at radius 1 is 1.37 bits per heavy atom. The van der Waals surface area contributed by atoms with Crippen LogP contribution in [0.15, 0.2) is 18.2 Å². The Morgan fingerprint density at radius 3 is 2.95 bits per heavy atom. The Bertz CT molecular complexity index is 594. The second-order valence-electron chi connectivity index (χ2n) is 5.64. The molecule has 2 nitrogen and oxygen atoms in total. The number of nitrogens with one attached hydrogen (secondary N) is 1. The van der Waals surface area contributed by atoms with Gasteiger partial charge < -0.3 is 9.88 Å². The van der Waals surface area contributed by atoms with Crippen molar-refractivity contribution in [2.75, 3.05) is 6.54 Å². The van der Waals surface area contributed by atoms with Gasteiger partial charge in [0.05, 0.1) is 5.52 Å². The third kappa shape index (κ3) is 2.27. The number of hydrogen-bond donors (Lipinski definition) is 1. The number of rotatable bonds is 2. The second kappa shape index (κ2) is 4.97. The van der Waals surface area contributed by atoms with Crippen LogP contribution in [0.25, 0.3) is 10.9 Å². The zero-order valence-corrected chi connectivity index (χ0v) is 11.7. The van der Waals surface area contributed by atoms with Gasteiger partial charge in [0.25, 0.3) is 0 Å². The molecule has 0 bridgehead atoms. The molecule has 0 saturated carbocycles. The molecule has 1 unspecified atom stereocenters. The Kier molecular flexibility index (Phi) is 3.31. The average molecular weight is 260 g/mol. The highest BCUT2D eigenvalue weighted by atomic mass is 19.1. The maximum Gasteiger partial charge on any atom is 0.125 e. The summed E-state index contributed by atoms with van der Waals surface area (Å²) in [6.07, 6.45) is 4.90. The van der Waals surface area contributed by atoms with E-state index in [1.54, 1.807) is 12.1 Å². The molecular weight excluding hydrogens is 239 g/mol. The van der Waals surface area contributed by atoms with Crippen molar-refractivity contribution < 1.29 is 4.39 Å². The summed E-state index contributed by atoms with van der Waals surface area (Å²) >= 11 is 0. The minimum absolute atomic E-state index is 0.157. The summed E-state index contributed by atoms with van der Waals surface area (Å²) in [6, 6.07) is 5.71. The Labute approximate surface area is 113 Å². The fourth-order valence-electron chi connectivity index (χ4n) is 3.22. The molecular formula is C16H21FN2. The molecule has 0 amide bonds. The largest absolute Gasteiger partial charge is 0.348 e. The van der Waals surface area contributed by atoms with Gasteiger partial charge in [0.15, 0.2) is 0 Å². The number of nitrogens with zero attached hydrogens (tertiary/aromatic N) is 1. The van der Waals surface area contributed by atoms with E-state index in [4.69, 9.17) is 0 Å². The molecule has 102 valence electrons. The zero-order chi connectivity index (χ0) is 13.4. The first kappa shape index (κ1) is 12.7. The van der Waals surface area contributed by atoms with Crippen LogP contribution in [0.3, 0.4) is 0 Å². The summed E-state index contributed by atoms with van der Waals surface area (Å²) in [4.78, 5) is 0. The van der Waals surface area contributed by atoms with E-state index in [1.807, 2.05) is 13.1 Å². The van der Waals surface area contributed by atoms with Gasteiger partial charge in [0.2, 0.25) is 0 Å². The predicted octanol–water partition coefficient (Wildman–Crippen LogP) is 3.31. The molecule has 0 spiro atoms. The van der Waals surface area contributed by atoms with Gasteiger partial charge in [-0.3, -0.25) is 0 Å². The minimum atomic E-state index is -0.157. The highest BCUT2D eigenvalue weighted by molar-refractivity contribution is 5.85. The van der Waals surface area contributed by atoms with E-state index in [0.29, 0.717) is 6.04 Å². The first-order valence-corrected chi connectivity index (χ1v) is 7.13. The summed E-state index contributed by atoms with van der Waals surface area (Å²) in [6.45, 7) is 3.26. The van der Waals surface area contributed by atoms with Gasteiger partial charge in [-0.05, 0) is 56.5 Å². The number of aromatic nitrogens is 1. The molecule has 2 heterocycles. The van der Waals surface area contributed by atoms with Gasteiger partial charge in [0, 0.05) is 24.2 Å². The van der Waals surface area contributed by atoms with Crippen molar-refractivity contribution in [1.82, 2.24) is 9.88 Å². The minimum Gasteiger partial charge on any atom is -0.348 e. The van der Waals surface area contributed by atoms with E-state index in [0.717, 1.165) is 18.5 Å². The van der Waals surface area contributed by atoms with Crippen LogP contribution in [0.2, 0.25) is 0 Å². The first-order valence-electron chi connectivity index (χ1n) is 7.13. The predicted molar refractivity (Wildman–Crippen MR) is 77.0 cm³/mol. The van der Waals surface area contributed by atoms with Crippen molar-refractivity contribution in [2.24, 2.45) is 7.05 Å². The fourth-order valence-corrected chi connectivity index (χ4v) is 3.22. The average Bonchev–Trinajstić information content (AvgIpc) is 2.65. The van der Waals surface area contributed by atoms with Gasteiger partial charge in [0.1, 0.15) is 5.82 Å². The number of fused-ring (bicyclic) bond motifs is 1. The van der Waals surface area contributed by atoms with Crippen LogP contribution in [0.5, 0.6) is 0 Å². The molecule has 1 fully saturated rings. The standard InChI is InChI=1S/C16H21FN2/c1-11-15(10-13-5-3-4-8-18-13)14-7-6-12(17)9-16(14)19(11)2/h6-7,9,13,18H,3-5,8,10H2,1-2H3. The van der Waals surface area contributed by atoms with Crippen molar-refractivity contribution in [3.05, 3.63) is 35.3 Å². The number of benzene rings is 1. The Hall–Kier alpha value is -1.35. The van der Waals surface area contributed by atoms with Crippen molar-refractivity contribution in [3.63, 3.8) is 0 Å². The van der Waals surface area contributed by atoms with Crippen molar-refractivity contribution >= 4 is 10.9 Å². The Balaban J connectivity index is 2.00. The van der Waals surface area contributed by atoms with E-state index in [1.165, 1.54) is 35.9 Å². The van der Waals surface area contributed by atoms with Crippen LogP contribution in [0.4, 0.5) is 4.39 Å². The monoisotopic (exact) mass is 260 g/mol. The van der Waals surface area contributed by atoms with Crippen LogP contribution in [0, 0.1) is 12.7 Å². The molecule has 1 aliphatic heterocycles. The number of hydrogen-bond acceptors (Lipinski definition) is 1. The summed E-state index contributed by atoms with van der Waals surface area (Å²) in [7, 11) is 2.02. The van der Waals surface area contributed by atoms with Crippen molar-refractivity contribution in [1.29, 1.82) is 0 Å². The first-order chi connectivity index (χ1) is 9.16. The molecule has 3 rings (SSSR count). The molecule has 1 atom stereocenters. The maximum absolute atomic E-state index is 13.4. The molecule has 19 heavy (non-hydrogen) atoms. The topological polar surface area (TPSA) is 17.0 Å². The van der Waals surface area contributed by atoms with E-state index in [-0.39, 0.29) is 5.82 Å². The van der Waals surface area contributed by atoms with Gasteiger partial charge >= 0.3 is 0 Å². The van der Waals surface area contributed by atoms with Crippen molar-refractivity contribution in [3.8, 4) is 0 Å². The van der Waals surface area contributed by atoms with Gasteiger partial charge in [-0.15, -0.1) is 0 Å². The molecule has 3 heteroatoms. The zero-order valence-electron chi connectivity index (χ0n) is 11.7. The summed E-state index contributed by atoms with van der Waals surface area (Å²) in [5.41, 5.74) is 3.63. The van der Waals surface area contributed by atoms with Gasteiger partial charge in [-0.25, -0.2) is 4.39 Å². The lowest BCUT2D eigenvalue weighted by atomic mass is 9.96. The highest BCUT2D eigenvalue weighted by Gasteiger charge is 2.18. The van der Waals surface area contributed by atoms with E-state index in [9.17, 15) is 4.39 Å². The molecule has 0 aliphatic carbocycles. The third-order valence-corrected chi connectivity index (χ3v) is 4.45. The SMILES string of the molecule is Cc1c(CC2CCCCN2)c2ccc(F)cc2n1C. The lowest BCUT2D eigenvalue weighted by Crippen LogP contribution is -2.35. The van der Waals surface area contributed by atoms with Gasteiger partial charge in [-0.1, -0.05) is 6.42 Å². The van der Waals surface area contributed by atoms with Crippen LogP contribution in [0.1, 0.15) is 30.5 Å². The van der Waals surface area contributed by atoms with Crippen LogP contribution in [-0.2, 0) is 13.5 Å². The molecule has 1 N–H and O–H groups in total. The fraction of sp³-hybridized carbons (Fsp3) is 0.500. The Morgan fingerprint density at radius 2 is 2.21 bits per heavy atom. The lowest BCUT2D eigenvalue weighted by molar-refractivity contribution is 0.399. The number of aryl methyl sites for hydroxylation is 1. The third-order valence-electron chi connectivity index (χ3n) is 4.45. The molecule has 1 aliphatic rings. The smallest absolute Gasteiger partial charge is 0.125 e. The summed E-state index contributed by atoms with van der Waals surface area (Å²) in [5, 5.41) is 4.80. The molecule has 1 saturated heterocycles. The van der Waals surface area contributed by atoms with Crippen molar-refractivity contribution in [2.45, 2.75) is 38.6 Å². The maximum atomic E-state index is 13.4. The normalized spacial score (nSPS) is 20.1. The summed E-state index contributed by atoms with van der Waals surface area (Å²) in [5.74, 6) is -0.157. The highest BCUT2D eigenvalue weighted by Crippen LogP contribution is 2.27. The summed E-state index contributed by atoms with van der Waals surface area (Å²) < 4.78 is 15.5. The van der Waals surface area contributed by atoms with E-state index < -0.39 is 0 Å². The number of piperidine rings is 1. The number of halogens is 1. The van der Waals surface area contributed by atoms with Crippen LogP contribution >= 0.6 is 0 Å². The quantitative estimate of drug-likeness (QED) is 0.876.